The van der Waals surface area contributed by atoms with Crippen molar-refractivity contribution in [3.63, 3.8) is 0 Å². The van der Waals surface area contributed by atoms with Crippen LogP contribution in [0, 0.1) is 0 Å². The molecule has 0 aliphatic carbocycles. The highest BCUT2D eigenvalue weighted by Crippen LogP contribution is 2.16. The van der Waals surface area contributed by atoms with Crippen LogP contribution < -0.4 is 0 Å². The van der Waals surface area contributed by atoms with Gasteiger partial charge < -0.3 is 19.1 Å². The lowest BCUT2D eigenvalue weighted by Gasteiger charge is -2.29. The fourth-order valence-electron chi connectivity index (χ4n) is 4.69. The zero-order valence-electron chi connectivity index (χ0n) is 21.7. The van der Waals surface area contributed by atoms with Crippen molar-refractivity contribution < 1.29 is 22.4 Å². The molecule has 1 aromatic carbocycles. The number of hydrogen-bond donors (Lipinski definition) is 0. The molecule has 36 heavy (non-hydrogen) atoms. The number of amides is 2. The van der Waals surface area contributed by atoms with Gasteiger partial charge in [-0.1, -0.05) is 19.1 Å². The molecule has 1 fully saturated rings. The number of benzene rings is 1. The molecule has 0 spiro atoms. The molecule has 198 valence electrons. The van der Waals surface area contributed by atoms with Crippen molar-refractivity contribution in [3.05, 3.63) is 54.0 Å². The number of unbranched alkanes of at least 4 members (excludes halogenated alkanes) is 1. The first-order valence-electron chi connectivity index (χ1n) is 12.8. The number of carbonyl (C=O) groups is 2. The van der Waals surface area contributed by atoms with Crippen LogP contribution in [0.15, 0.2) is 52.0 Å². The van der Waals surface area contributed by atoms with Crippen LogP contribution in [-0.2, 0) is 21.1 Å². The van der Waals surface area contributed by atoms with Crippen LogP contribution in [0.5, 0.6) is 0 Å². The maximum atomic E-state index is 12.8. The number of rotatable bonds is 12. The van der Waals surface area contributed by atoms with E-state index < -0.39 is 9.84 Å². The molecule has 9 heteroatoms. The van der Waals surface area contributed by atoms with Gasteiger partial charge in [0.25, 0.3) is 5.91 Å². The Labute approximate surface area is 215 Å². The van der Waals surface area contributed by atoms with Crippen molar-refractivity contribution in [1.29, 1.82) is 0 Å². The molecule has 0 radical (unpaired) electrons. The van der Waals surface area contributed by atoms with Gasteiger partial charge in [0.05, 0.1) is 11.2 Å². The molecule has 1 saturated heterocycles. The molecule has 1 aromatic heterocycles. The second-order valence-electron chi connectivity index (χ2n) is 9.65. The summed E-state index contributed by atoms with van der Waals surface area (Å²) in [5, 5.41) is 0. The monoisotopic (exact) mass is 517 g/mol. The lowest BCUT2D eigenvalue weighted by Crippen LogP contribution is -2.40. The summed E-state index contributed by atoms with van der Waals surface area (Å²) in [6.45, 7) is 8.33. The van der Waals surface area contributed by atoms with Gasteiger partial charge in [0.2, 0.25) is 5.91 Å². The van der Waals surface area contributed by atoms with Crippen molar-refractivity contribution in [2.45, 2.75) is 56.9 Å². The molecule has 1 atom stereocenters. The summed E-state index contributed by atoms with van der Waals surface area (Å²) < 4.78 is 28.6. The molecule has 1 unspecified atom stereocenters. The maximum absolute atomic E-state index is 12.8. The largest absolute Gasteiger partial charge is 0.459 e. The Morgan fingerprint density at radius 2 is 1.86 bits per heavy atom. The summed E-state index contributed by atoms with van der Waals surface area (Å²) in [6.07, 6.45) is 7.26. The van der Waals surface area contributed by atoms with E-state index in [0.29, 0.717) is 30.6 Å². The number of carbonyl (C=O) groups excluding carboxylic acids is 2. The van der Waals surface area contributed by atoms with Gasteiger partial charge in [-0.3, -0.25) is 9.59 Å². The van der Waals surface area contributed by atoms with Crippen molar-refractivity contribution in [2.24, 2.45) is 0 Å². The highest BCUT2D eigenvalue weighted by molar-refractivity contribution is 7.90. The SMILES string of the molecule is CCCN(CCCCN1CCCN(C(=O)c2ccco2)CC1=O)C(C)Cc1ccc(S(C)(=O)=O)cc1. The van der Waals surface area contributed by atoms with E-state index in [4.69, 9.17) is 4.42 Å². The van der Waals surface area contributed by atoms with Crippen molar-refractivity contribution >= 4 is 21.7 Å². The second kappa shape index (κ2) is 13.1. The zero-order chi connectivity index (χ0) is 26.1. The maximum Gasteiger partial charge on any atom is 0.290 e. The molecule has 1 aliphatic heterocycles. The number of sulfone groups is 1. The third-order valence-electron chi connectivity index (χ3n) is 6.69. The smallest absolute Gasteiger partial charge is 0.290 e. The molecule has 2 aromatic rings. The summed E-state index contributed by atoms with van der Waals surface area (Å²) >= 11 is 0. The van der Waals surface area contributed by atoms with Crippen molar-refractivity contribution in [3.8, 4) is 0 Å². The van der Waals surface area contributed by atoms with Gasteiger partial charge in [-0.15, -0.1) is 0 Å². The first kappa shape index (κ1) is 27.9. The lowest BCUT2D eigenvalue weighted by atomic mass is 10.1. The van der Waals surface area contributed by atoms with Crippen LogP contribution in [0.1, 0.15) is 55.6 Å². The van der Waals surface area contributed by atoms with Crippen molar-refractivity contribution in [2.75, 3.05) is 45.5 Å². The Morgan fingerprint density at radius 3 is 2.50 bits per heavy atom. The highest BCUT2D eigenvalue weighted by atomic mass is 32.2. The second-order valence-corrected chi connectivity index (χ2v) is 11.7. The fourth-order valence-corrected chi connectivity index (χ4v) is 5.32. The molecule has 3 rings (SSSR count). The van der Waals surface area contributed by atoms with E-state index in [0.717, 1.165) is 50.8 Å². The molecule has 0 saturated carbocycles. The molecular formula is C27H39N3O5S. The molecular weight excluding hydrogens is 478 g/mol. The third-order valence-corrected chi connectivity index (χ3v) is 7.82. The predicted octanol–water partition coefficient (Wildman–Crippen LogP) is 3.48. The van der Waals surface area contributed by atoms with E-state index in [1.165, 1.54) is 12.5 Å². The molecule has 0 bridgehead atoms. The van der Waals surface area contributed by atoms with Gasteiger partial charge in [0.1, 0.15) is 6.54 Å². The van der Waals surface area contributed by atoms with Crippen molar-refractivity contribution in [1.82, 2.24) is 14.7 Å². The standard InChI is InChI=1S/C27H39N3O5S/c1-4-14-28(22(2)20-23-10-12-24(13-11-23)36(3,33)34)15-5-6-16-29-17-8-18-30(21-26(29)31)27(32)25-9-7-19-35-25/h7,9-13,19,22H,4-6,8,14-18,20-21H2,1-3H3. The average molecular weight is 518 g/mol. The Morgan fingerprint density at radius 1 is 1.11 bits per heavy atom. The fraction of sp³-hybridized carbons (Fsp3) is 0.556. The summed E-state index contributed by atoms with van der Waals surface area (Å²) in [7, 11) is -3.18. The van der Waals surface area contributed by atoms with E-state index in [9.17, 15) is 18.0 Å². The summed E-state index contributed by atoms with van der Waals surface area (Å²) in [5.74, 6) is 0.0295. The molecule has 2 amide bonds. The number of hydrogen-bond acceptors (Lipinski definition) is 6. The molecule has 0 N–H and O–H groups in total. The lowest BCUT2D eigenvalue weighted by molar-refractivity contribution is -0.130. The van der Waals surface area contributed by atoms with Crippen LogP contribution in [0.25, 0.3) is 0 Å². The minimum absolute atomic E-state index is 0.0104. The topological polar surface area (TPSA) is 91.1 Å². The summed E-state index contributed by atoms with van der Waals surface area (Å²) in [4.78, 5) is 31.6. The van der Waals surface area contributed by atoms with E-state index in [2.05, 4.69) is 18.7 Å². The van der Waals surface area contributed by atoms with Crippen LogP contribution in [0.4, 0.5) is 0 Å². The highest BCUT2D eigenvalue weighted by Gasteiger charge is 2.26. The summed E-state index contributed by atoms with van der Waals surface area (Å²) in [5.41, 5.74) is 1.12. The van der Waals surface area contributed by atoms with Gasteiger partial charge in [-0.05, 0) is 81.9 Å². The first-order chi connectivity index (χ1) is 17.2. The van der Waals surface area contributed by atoms with Gasteiger partial charge in [0, 0.05) is 31.9 Å². The van der Waals surface area contributed by atoms with E-state index in [1.54, 1.807) is 29.2 Å². The first-order valence-corrected chi connectivity index (χ1v) is 14.7. The van der Waals surface area contributed by atoms with Crippen LogP contribution in [-0.4, -0.2) is 86.5 Å². The normalized spacial score (nSPS) is 15.8. The van der Waals surface area contributed by atoms with Gasteiger partial charge in [-0.2, -0.15) is 0 Å². The minimum atomic E-state index is -3.18. The Bertz CT molecular complexity index is 1080. The van der Waals surface area contributed by atoms with E-state index in [-0.39, 0.29) is 24.1 Å². The molecule has 2 heterocycles. The zero-order valence-corrected chi connectivity index (χ0v) is 22.5. The average Bonchev–Trinajstić information content (AvgIpc) is 3.31. The van der Waals surface area contributed by atoms with E-state index >= 15 is 0 Å². The van der Waals surface area contributed by atoms with Gasteiger partial charge in [0.15, 0.2) is 15.6 Å². The number of nitrogens with zero attached hydrogens (tertiary/aromatic N) is 3. The Hall–Kier alpha value is -2.65. The van der Waals surface area contributed by atoms with Crippen LogP contribution in [0.2, 0.25) is 0 Å². The number of furan rings is 1. The third kappa shape index (κ3) is 7.93. The quantitative estimate of drug-likeness (QED) is 0.401. The summed E-state index contributed by atoms with van der Waals surface area (Å²) in [6, 6.07) is 10.8. The Kier molecular flexibility index (Phi) is 10.1. The predicted molar refractivity (Wildman–Crippen MR) is 140 cm³/mol. The van der Waals surface area contributed by atoms with Gasteiger partial charge in [-0.25, -0.2) is 8.42 Å². The molecule has 8 nitrogen and oxygen atoms in total. The van der Waals surface area contributed by atoms with Crippen LogP contribution >= 0.6 is 0 Å². The Balaban J connectivity index is 1.45. The minimum Gasteiger partial charge on any atom is -0.459 e. The molecule has 1 aliphatic rings. The van der Waals surface area contributed by atoms with E-state index in [1.807, 2.05) is 17.0 Å². The van der Waals surface area contributed by atoms with Gasteiger partial charge >= 0.3 is 0 Å². The van der Waals surface area contributed by atoms with Crippen LogP contribution in [0.3, 0.4) is 0 Å².